The Morgan fingerprint density at radius 3 is 2.46 bits per heavy atom. The lowest BCUT2D eigenvalue weighted by Crippen LogP contribution is -3.00. The molecule has 2 rings (SSSR count). The Balaban J connectivity index is 0.00000364. The molecule has 0 atom stereocenters. The first-order valence-electron chi connectivity index (χ1n) is 8.72. The molecular formula is C20H28Cl2N4O2. The van der Waals surface area contributed by atoms with Gasteiger partial charge in [0.05, 0.1) is 20.6 Å². The number of nitrogens with zero attached hydrogens (tertiary/aromatic N) is 3. The maximum absolute atomic E-state index is 12.3. The van der Waals surface area contributed by atoms with Crippen LogP contribution in [0.4, 0.5) is 0 Å². The number of hydrogen-bond donors (Lipinski definition) is 2. The van der Waals surface area contributed by atoms with Crippen LogP contribution in [0.1, 0.15) is 28.0 Å². The molecule has 6 nitrogen and oxygen atoms in total. The van der Waals surface area contributed by atoms with Gasteiger partial charge in [-0.05, 0) is 6.07 Å². The fourth-order valence-electron chi connectivity index (χ4n) is 2.91. The third-order valence-corrected chi connectivity index (χ3v) is 4.31. The van der Waals surface area contributed by atoms with Gasteiger partial charge < -0.3 is 39.8 Å². The van der Waals surface area contributed by atoms with Crippen LogP contribution in [-0.4, -0.2) is 49.0 Å². The van der Waals surface area contributed by atoms with E-state index in [4.69, 9.17) is 5.21 Å². The van der Waals surface area contributed by atoms with E-state index >= 15 is 0 Å². The molecule has 0 aliphatic heterocycles. The van der Waals surface area contributed by atoms with Crippen LogP contribution in [0.15, 0.2) is 53.8 Å². The largest absolute Gasteiger partial charge is 1.00 e. The number of nitrogens with one attached hydrogen (secondary N) is 1. The molecule has 1 amide bonds. The number of benzene rings is 1. The van der Waals surface area contributed by atoms with Crippen molar-refractivity contribution in [1.29, 1.82) is 0 Å². The lowest BCUT2D eigenvalue weighted by atomic mass is 10.2. The van der Waals surface area contributed by atoms with E-state index in [1.165, 1.54) is 11.8 Å². The molecule has 0 saturated heterocycles. The van der Waals surface area contributed by atoms with Crippen molar-refractivity contribution in [2.45, 2.75) is 13.0 Å². The zero-order chi connectivity index (χ0) is 19.0. The Labute approximate surface area is 179 Å². The summed E-state index contributed by atoms with van der Waals surface area (Å²) in [6.45, 7) is 2.59. The lowest BCUT2D eigenvalue weighted by molar-refractivity contribution is -0.903. The number of quaternary nitrogens is 1. The zero-order valence-corrected chi connectivity index (χ0v) is 18.0. The average molecular weight is 427 g/mol. The van der Waals surface area contributed by atoms with Gasteiger partial charge in [0.2, 0.25) is 5.69 Å². The Hall–Kier alpha value is -2.15. The molecule has 0 bridgehead atoms. The maximum atomic E-state index is 12.3. The van der Waals surface area contributed by atoms with E-state index in [9.17, 15) is 4.79 Å². The normalized spacial score (nSPS) is 10.8. The summed E-state index contributed by atoms with van der Waals surface area (Å²) >= 11 is 0. The fraction of sp³-hybridized carbons (Fsp3) is 0.350. The molecule has 0 spiro atoms. The number of halogens is 2. The van der Waals surface area contributed by atoms with Gasteiger partial charge in [0.25, 0.3) is 5.91 Å². The Bertz CT molecular complexity index is 768. The Morgan fingerprint density at radius 2 is 1.86 bits per heavy atom. The number of aryl methyl sites for hydroxylation is 1. The number of carbonyl (C=O) groups excluding carboxylic acids is 1. The predicted molar refractivity (Wildman–Crippen MR) is 101 cm³/mol. The second kappa shape index (κ2) is 12.3. The van der Waals surface area contributed by atoms with Gasteiger partial charge in [0.1, 0.15) is 25.4 Å². The highest BCUT2D eigenvalue weighted by Gasteiger charge is 2.16. The first kappa shape index (κ1) is 25.9. The van der Waals surface area contributed by atoms with Crippen molar-refractivity contribution in [3.05, 3.63) is 65.5 Å². The van der Waals surface area contributed by atoms with Crippen LogP contribution in [0.5, 0.6) is 0 Å². The minimum atomic E-state index is -0.0959. The fourth-order valence-corrected chi connectivity index (χ4v) is 2.91. The molecular weight excluding hydrogens is 399 g/mol. The van der Waals surface area contributed by atoms with Gasteiger partial charge in [0.15, 0.2) is 6.20 Å². The van der Waals surface area contributed by atoms with E-state index in [-0.39, 0.29) is 30.7 Å². The van der Waals surface area contributed by atoms with Crippen LogP contribution in [-0.2, 0) is 13.6 Å². The molecule has 2 aromatic rings. The molecule has 154 valence electrons. The van der Waals surface area contributed by atoms with Crippen molar-refractivity contribution in [1.82, 2.24) is 5.32 Å². The van der Waals surface area contributed by atoms with Crippen LogP contribution in [0, 0.1) is 0 Å². The molecule has 1 aromatic carbocycles. The summed E-state index contributed by atoms with van der Waals surface area (Å²) in [6.07, 6.45) is 3.96. The first-order chi connectivity index (χ1) is 12.4. The Morgan fingerprint density at radius 1 is 1.18 bits per heavy atom. The molecule has 0 saturated carbocycles. The maximum Gasteiger partial charge on any atom is 0.257 e. The van der Waals surface area contributed by atoms with Crippen molar-refractivity contribution in [2.24, 2.45) is 12.2 Å². The quantitative estimate of drug-likeness (QED) is 0.112. The van der Waals surface area contributed by atoms with E-state index in [1.807, 2.05) is 6.07 Å². The van der Waals surface area contributed by atoms with Crippen LogP contribution in [0.3, 0.4) is 0 Å². The summed E-state index contributed by atoms with van der Waals surface area (Å²) in [5, 5.41) is 14.6. The van der Waals surface area contributed by atoms with E-state index < -0.39 is 0 Å². The van der Waals surface area contributed by atoms with Crippen LogP contribution < -0.4 is 34.7 Å². The van der Waals surface area contributed by atoms with Gasteiger partial charge in [-0.1, -0.05) is 35.5 Å². The molecule has 0 fully saturated rings. The molecule has 8 heteroatoms. The zero-order valence-electron chi connectivity index (χ0n) is 16.5. The minimum absolute atomic E-state index is 0. The number of oxime groups is 1. The first-order valence-corrected chi connectivity index (χ1v) is 8.72. The number of carbonyl (C=O) groups is 1. The minimum Gasteiger partial charge on any atom is -1.00 e. The third-order valence-electron chi connectivity index (χ3n) is 4.31. The van der Waals surface area contributed by atoms with E-state index in [2.05, 4.69) is 48.8 Å². The number of amides is 1. The number of hydrogen-bond acceptors (Lipinski definition) is 3. The number of rotatable bonds is 8. The summed E-state index contributed by atoms with van der Waals surface area (Å²) in [5.74, 6) is -0.0959. The molecule has 0 aliphatic rings. The van der Waals surface area contributed by atoms with E-state index in [0.717, 1.165) is 24.0 Å². The summed E-state index contributed by atoms with van der Waals surface area (Å²) in [4.78, 5) is 12.3. The van der Waals surface area contributed by atoms with Crippen LogP contribution in [0.25, 0.3) is 0 Å². The van der Waals surface area contributed by atoms with Gasteiger partial charge in [-0.3, -0.25) is 4.79 Å². The second-order valence-electron chi connectivity index (χ2n) is 7.11. The molecule has 0 unspecified atom stereocenters. The SMILES string of the molecule is C[n+]1cc(C(=O)NCCC[N+](C)(C)Cc2ccccc2)ccc1/C=N/O.[Cl-].[Cl-]. The summed E-state index contributed by atoms with van der Waals surface area (Å²) < 4.78 is 2.62. The molecule has 0 radical (unpaired) electrons. The summed E-state index contributed by atoms with van der Waals surface area (Å²) in [7, 11) is 6.21. The van der Waals surface area contributed by atoms with Gasteiger partial charge in [0, 0.05) is 24.6 Å². The number of aromatic nitrogens is 1. The molecule has 1 heterocycles. The molecule has 2 N–H and O–H groups in total. The summed E-state index contributed by atoms with van der Waals surface area (Å²) in [5.41, 5.74) is 2.62. The predicted octanol–water partition coefficient (Wildman–Crippen LogP) is -4.28. The second-order valence-corrected chi connectivity index (χ2v) is 7.11. The summed E-state index contributed by atoms with van der Waals surface area (Å²) in [6, 6.07) is 13.9. The number of pyridine rings is 1. The van der Waals surface area contributed by atoms with Gasteiger partial charge in [-0.25, -0.2) is 0 Å². The highest BCUT2D eigenvalue weighted by molar-refractivity contribution is 5.93. The lowest BCUT2D eigenvalue weighted by Gasteiger charge is -2.30. The van der Waals surface area contributed by atoms with Crippen molar-refractivity contribution in [3.63, 3.8) is 0 Å². The topological polar surface area (TPSA) is 65.6 Å². The average Bonchev–Trinajstić information content (AvgIpc) is 2.61. The van der Waals surface area contributed by atoms with Crippen molar-refractivity contribution < 1.29 is 43.9 Å². The highest BCUT2D eigenvalue weighted by Crippen LogP contribution is 2.09. The van der Waals surface area contributed by atoms with Crippen molar-refractivity contribution in [3.8, 4) is 0 Å². The third kappa shape index (κ3) is 8.25. The van der Waals surface area contributed by atoms with Crippen molar-refractivity contribution >= 4 is 12.1 Å². The van der Waals surface area contributed by atoms with Crippen LogP contribution in [0.2, 0.25) is 0 Å². The van der Waals surface area contributed by atoms with E-state index in [1.54, 1.807) is 29.9 Å². The monoisotopic (exact) mass is 426 g/mol. The molecule has 1 aromatic heterocycles. The molecule has 28 heavy (non-hydrogen) atoms. The highest BCUT2D eigenvalue weighted by atomic mass is 35.5. The van der Waals surface area contributed by atoms with Crippen molar-refractivity contribution in [2.75, 3.05) is 27.2 Å². The van der Waals surface area contributed by atoms with Crippen LogP contribution >= 0.6 is 0 Å². The van der Waals surface area contributed by atoms with Gasteiger partial charge in [-0.15, -0.1) is 0 Å². The molecule has 0 aliphatic carbocycles. The van der Waals surface area contributed by atoms with Gasteiger partial charge >= 0.3 is 0 Å². The smallest absolute Gasteiger partial charge is 0.257 e. The van der Waals surface area contributed by atoms with E-state index in [0.29, 0.717) is 17.8 Å². The van der Waals surface area contributed by atoms with Gasteiger partial charge in [-0.2, -0.15) is 4.57 Å². The standard InChI is InChI=1S/C20H26N4O2.2ClH/c1-23-15-18(10-11-19(23)14-22-26)20(25)21-12-7-13-24(2,3)16-17-8-5-4-6-9-17;;/h4-6,8-11,14-15H,7,12-13,16H2,1-3H3;2*1H. The Kier molecular flexibility index (Phi) is 11.4.